The van der Waals surface area contributed by atoms with Crippen molar-refractivity contribution in [3.63, 3.8) is 0 Å². The van der Waals surface area contributed by atoms with Crippen molar-refractivity contribution in [1.82, 2.24) is 19.0 Å². The van der Waals surface area contributed by atoms with Gasteiger partial charge in [-0.25, -0.2) is 9.37 Å². The molecule has 0 spiro atoms. The van der Waals surface area contributed by atoms with Crippen molar-refractivity contribution in [1.29, 1.82) is 0 Å². The van der Waals surface area contributed by atoms with E-state index in [4.69, 9.17) is 10.7 Å². The summed E-state index contributed by atoms with van der Waals surface area (Å²) in [5, 5.41) is 0.848. The van der Waals surface area contributed by atoms with E-state index in [0.717, 1.165) is 47.3 Å². The standard InChI is InChI=1S/C24H26FN5O/c1-3-30-21(13-15-6-4-8-18(25)22(15)30)23-27-19-12-16(9-10-20(19)28(23)2)24(31)29-11-5-7-17(26)14-29/h4,6,8-10,12-13,17H,3,5,7,11,14,26H2,1-2H3/t17-/m1/s1. The van der Waals surface area contributed by atoms with Gasteiger partial charge in [0, 0.05) is 43.7 Å². The molecule has 1 aliphatic rings. The molecule has 4 aromatic rings. The lowest BCUT2D eigenvalue weighted by molar-refractivity contribution is 0.0709. The van der Waals surface area contributed by atoms with Crippen LogP contribution < -0.4 is 5.73 Å². The number of carbonyl (C=O) groups excluding carboxylic acids is 1. The second kappa shape index (κ2) is 7.50. The van der Waals surface area contributed by atoms with Gasteiger partial charge in [-0.3, -0.25) is 4.79 Å². The van der Waals surface area contributed by atoms with Crippen molar-refractivity contribution in [2.24, 2.45) is 12.8 Å². The molecular weight excluding hydrogens is 393 g/mol. The van der Waals surface area contributed by atoms with Gasteiger partial charge in [0.15, 0.2) is 5.82 Å². The van der Waals surface area contributed by atoms with E-state index in [1.807, 2.05) is 58.3 Å². The van der Waals surface area contributed by atoms with Crippen LogP contribution in [0.15, 0.2) is 42.5 Å². The number of carbonyl (C=O) groups is 1. The van der Waals surface area contributed by atoms with Crippen molar-refractivity contribution >= 4 is 27.8 Å². The van der Waals surface area contributed by atoms with Gasteiger partial charge in [-0.2, -0.15) is 0 Å². The van der Waals surface area contributed by atoms with Crippen LogP contribution in [0, 0.1) is 5.82 Å². The molecule has 0 bridgehead atoms. The number of hydrogen-bond donors (Lipinski definition) is 1. The van der Waals surface area contributed by atoms with Crippen LogP contribution in [-0.4, -0.2) is 44.1 Å². The Morgan fingerprint density at radius 1 is 1.26 bits per heavy atom. The average molecular weight is 420 g/mol. The highest BCUT2D eigenvalue weighted by molar-refractivity contribution is 5.98. The maximum atomic E-state index is 14.5. The maximum Gasteiger partial charge on any atom is 0.253 e. The number of nitrogens with zero attached hydrogens (tertiary/aromatic N) is 4. The summed E-state index contributed by atoms with van der Waals surface area (Å²) in [6.45, 7) is 3.95. The molecule has 1 amide bonds. The smallest absolute Gasteiger partial charge is 0.253 e. The molecule has 3 heterocycles. The van der Waals surface area contributed by atoms with Crippen LogP contribution >= 0.6 is 0 Å². The number of aryl methyl sites for hydroxylation is 2. The Bertz CT molecular complexity index is 1300. The molecule has 2 aromatic heterocycles. The van der Waals surface area contributed by atoms with Crippen LogP contribution in [0.5, 0.6) is 0 Å². The van der Waals surface area contributed by atoms with Gasteiger partial charge >= 0.3 is 0 Å². The van der Waals surface area contributed by atoms with Crippen molar-refractivity contribution in [3.05, 3.63) is 53.8 Å². The third-order valence-corrected chi connectivity index (χ3v) is 6.29. The number of benzene rings is 2. The Labute approximate surface area is 180 Å². The zero-order valence-electron chi connectivity index (χ0n) is 17.8. The minimum atomic E-state index is -0.239. The van der Waals surface area contributed by atoms with Crippen LogP contribution in [0.2, 0.25) is 0 Å². The van der Waals surface area contributed by atoms with E-state index in [9.17, 15) is 9.18 Å². The molecule has 160 valence electrons. The molecule has 0 saturated carbocycles. The number of nitrogens with two attached hydrogens (primary N) is 1. The molecule has 7 heteroatoms. The number of para-hydroxylation sites is 1. The van der Waals surface area contributed by atoms with Crippen molar-refractivity contribution < 1.29 is 9.18 Å². The van der Waals surface area contributed by atoms with Gasteiger partial charge in [0.05, 0.1) is 22.2 Å². The normalized spacial score (nSPS) is 17.0. The van der Waals surface area contributed by atoms with Gasteiger partial charge < -0.3 is 19.8 Å². The summed E-state index contributed by atoms with van der Waals surface area (Å²) >= 11 is 0. The van der Waals surface area contributed by atoms with E-state index in [1.165, 1.54) is 6.07 Å². The Kier molecular flexibility index (Phi) is 4.78. The number of aromatic nitrogens is 3. The lowest BCUT2D eigenvalue weighted by Crippen LogP contribution is -2.45. The number of fused-ring (bicyclic) bond motifs is 2. The first-order chi connectivity index (χ1) is 15.0. The van der Waals surface area contributed by atoms with Crippen LogP contribution in [0.3, 0.4) is 0 Å². The molecule has 2 aromatic carbocycles. The number of imidazole rings is 1. The Hall–Kier alpha value is -3.19. The van der Waals surface area contributed by atoms with Crippen LogP contribution in [0.1, 0.15) is 30.1 Å². The summed E-state index contributed by atoms with van der Waals surface area (Å²) in [6, 6.07) is 12.8. The lowest BCUT2D eigenvalue weighted by Gasteiger charge is -2.30. The highest BCUT2D eigenvalue weighted by Crippen LogP contribution is 2.31. The van der Waals surface area contributed by atoms with Crippen LogP contribution in [-0.2, 0) is 13.6 Å². The monoisotopic (exact) mass is 419 g/mol. The van der Waals surface area contributed by atoms with Gasteiger partial charge in [-0.05, 0) is 50.1 Å². The highest BCUT2D eigenvalue weighted by atomic mass is 19.1. The molecule has 0 aliphatic carbocycles. The molecule has 1 aliphatic heterocycles. The third-order valence-electron chi connectivity index (χ3n) is 6.29. The van der Waals surface area contributed by atoms with Crippen molar-refractivity contribution in [3.8, 4) is 11.5 Å². The number of likely N-dealkylation sites (tertiary alicyclic amines) is 1. The Balaban J connectivity index is 1.59. The zero-order valence-corrected chi connectivity index (χ0v) is 17.8. The van der Waals surface area contributed by atoms with Crippen LogP contribution in [0.4, 0.5) is 4.39 Å². The average Bonchev–Trinajstić information content (AvgIpc) is 3.31. The number of halogens is 1. The summed E-state index contributed by atoms with van der Waals surface area (Å²) in [5.41, 5.74) is 9.79. The van der Waals surface area contributed by atoms with E-state index < -0.39 is 0 Å². The SMILES string of the molecule is CCn1c(-c2nc3cc(C(=O)N4CCC[C@@H](N)C4)ccc3n2C)cc2cccc(F)c21. The molecule has 1 saturated heterocycles. The fraction of sp³-hybridized carbons (Fsp3) is 0.333. The van der Waals surface area contributed by atoms with Gasteiger partial charge in [-0.15, -0.1) is 0 Å². The predicted molar refractivity (Wildman–Crippen MR) is 120 cm³/mol. The number of rotatable bonds is 3. The Morgan fingerprint density at radius 2 is 2.10 bits per heavy atom. The van der Waals surface area contributed by atoms with E-state index >= 15 is 0 Å². The maximum absolute atomic E-state index is 14.5. The van der Waals surface area contributed by atoms with E-state index in [-0.39, 0.29) is 17.8 Å². The second-order valence-corrected chi connectivity index (χ2v) is 8.30. The highest BCUT2D eigenvalue weighted by Gasteiger charge is 2.24. The first kappa shape index (κ1) is 19.8. The van der Waals surface area contributed by atoms with Gasteiger partial charge in [0.2, 0.25) is 0 Å². The quantitative estimate of drug-likeness (QED) is 0.547. The molecular formula is C24H26FN5O. The first-order valence-corrected chi connectivity index (χ1v) is 10.8. The molecule has 6 nitrogen and oxygen atoms in total. The lowest BCUT2D eigenvalue weighted by atomic mass is 10.1. The van der Waals surface area contributed by atoms with Crippen LogP contribution in [0.25, 0.3) is 33.5 Å². The minimum Gasteiger partial charge on any atom is -0.337 e. The van der Waals surface area contributed by atoms with E-state index in [1.54, 1.807) is 6.07 Å². The van der Waals surface area contributed by atoms with Crippen molar-refractivity contribution in [2.45, 2.75) is 32.4 Å². The second-order valence-electron chi connectivity index (χ2n) is 8.30. The molecule has 2 N–H and O–H groups in total. The number of piperidine rings is 1. The Morgan fingerprint density at radius 3 is 2.87 bits per heavy atom. The molecule has 0 unspecified atom stereocenters. The first-order valence-electron chi connectivity index (χ1n) is 10.8. The van der Waals surface area contributed by atoms with E-state index in [2.05, 4.69) is 0 Å². The van der Waals surface area contributed by atoms with Gasteiger partial charge in [0.1, 0.15) is 5.82 Å². The molecule has 31 heavy (non-hydrogen) atoms. The largest absolute Gasteiger partial charge is 0.337 e. The summed E-state index contributed by atoms with van der Waals surface area (Å²) < 4.78 is 18.5. The third kappa shape index (κ3) is 3.20. The fourth-order valence-electron chi connectivity index (χ4n) is 4.73. The van der Waals surface area contributed by atoms with E-state index in [0.29, 0.717) is 24.2 Å². The number of amides is 1. The summed E-state index contributed by atoms with van der Waals surface area (Å²) in [7, 11) is 1.95. The van der Waals surface area contributed by atoms with Gasteiger partial charge in [-0.1, -0.05) is 12.1 Å². The summed E-state index contributed by atoms with van der Waals surface area (Å²) in [4.78, 5) is 19.7. The van der Waals surface area contributed by atoms with Crippen molar-refractivity contribution in [2.75, 3.05) is 13.1 Å². The topological polar surface area (TPSA) is 69.1 Å². The molecule has 1 fully saturated rings. The summed E-state index contributed by atoms with van der Waals surface area (Å²) in [6.07, 6.45) is 1.89. The molecule has 0 radical (unpaired) electrons. The minimum absolute atomic E-state index is 0.00556. The molecule has 1 atom stereocenters. The zero-order chi connectivity index (χ0) is 21.7. The molecule has 5 rings (SSSR count). The van der Waals surface area contributed by atoms with Gasteiger partial charge in [0.25, 0.3) is 5.91 Å². The summed E-state index contributed by atoms with van der Waals surface area (Å²) in [5.74, 6) is 0.503. The fourth-order valence-corrected chi connectivity index (χ4v) is 4.73. The number of hydrogen-bond acceptors (Lipinski definition) is 3. The predicted octanol–water partition coefficient (Wildman–Crippen LogP) is 3.92.